The van der Waals surface area contributed by atoms with Crippen LogP contribution in [0.2, 0.25) is 0 Å². The molecule has 1 N–H and O–H groups in total. The van der Waals surface area contributed by atoms with Crippen LogP contribution in [0.15, 0.2) is 48.5 Å². The molecule has 0 aliphatic rings. The fourth-order valence-electron chi connectivity index (χ4n) is 1.86. The molecule has 0 aliphatic carbocycles. The van der Waals surface area contributed by atoms with Crippen LogP contribution in [0.1, 0.15) is 22.8 Å². The number of aliphatic hydroxyl groups excluding tert-OH is 1. The Balaban J connectivity index is 2.51. The molecule has 0 heterocycles. The van der Waals surface area contributed by atoms with Crippen LogP contribution in [0.3, 0.4) is 0 Å². The highest BCUT2D eigenvalue weighted by Crippen LogP contribution is 2.36. The maximum atomic E-state index is 13.5. The van der Waals surface area contributed by atoms with Crippen molar-refractivity contribution in [3.63, 3.8) is 0 Å². The standard InChI is InChI=1S/C14H10F4O/c15-12-8-4-2-6-10(12)13(19)9-5-1-3-7-11(9)14(16,17)18/h1-8,13,19H. The number of alkyl halides is 3. The highest BCUT2D eigenvalue weighted by atomic mass is 19.4. The molecule has 2 aromatic rings. The van der Waals surface area contributed by atoms with Crippen LogP contribution in [-0.2, 0) is 6.18 Å². The average Bonchev–Trinajstić information content (AvgIpc) is 2.37. The van der Waals surface area contributed by atoms with E-state index in [1.807, 2.05) is 0 Å². The van der Waals surface area contributed by atoms with Gasteiger partial charge in [-0.1, -0.05) is 36.4 Å². The zero-order valence-corrected chi connectivity index (χ0v) is 9.66. The number of hydrogen-bond acceptors (Lipinski definition) is 1. The molecular formula is C14H10F4O. The molecule has 0 amide bonds. The van der Waals surface area contributed by atoms with Gasteiger partial charge in [0, 0.05) is 5.56 Å². The molecule has 2 rings (SSSR count). The fourth-order valence-corrected chi connectivity index (χ4v) is 1.86. The smallest absolute Gasteiger partial charge is 0.384 e. The number of rotatable bonds is 2. The first-order valence-electron chi connectivity index (χ1n) is 5.50. The highest BCUT2D eigenvalue weighted by Gasteiger charge is 2.35. The van der Waals surface area contributed by atoms with E-state index in [2.05, 4.69) is 0 Å². The van der Waals surface area contributed by atoms with Gasteiger partial charge in [0.2, 0.25) is 0 Å². The van der Waals surface area contributed by atoms with E-state index in [1.165, 1.54) is 30.3 Å². The van der Waals surface area contributed by atoms with Crippen molar-refractivity contribution >= 4 is 0 Å². The SMILES string of the molecule is OC(c1ccccc1F)c1ccccc1C(F)(F)F. The predicted molar refractivity (Wildman–Crippen MR) is 61.9 cm³/mol. The molecule has 0 aliphatic heterocycles. The first-order chi connectivity index (χ1) is 8.91. The van der Waals surface area contributed by atoms with Gasteiger partial charge in [0.05, 0.1) is 5.56 Å². The van der Waals surface area contributed by atoms with Crippen LogP contribution < -0.4 is 0 Å². The van der Waals surface area contributed by atoms with E-state index >= 15 is 0 Å². The average molecular weight is 270 g/mol. The minimum Gasteiger partial charge on any atom is -0.384 e. The van der Waals surface area contributed by atoms with Crippen LogP contribution in [0.4, 0.5) is 17.6 Å². The third-order valence-corrected chi connectivity index (χ3v) is 2.76. The van der Waals surface area contributed by atoms with Gasteiger partial charge < -0.3 is 5.11 Å². The van der Waals surface area contributed by atoms with Gasteiger partial charge in [-0.2, -0.15) is 13.2 Å². The van der Waals surface area contributed by atoms with Gasteiger partial charge in [-0.15, -0.1) is 0 Å². The first kappa shape index (κ1) is 13.5. The summed E-state index contributed by atoms with van der Waals surface area (Å²) in [5.41, 5.74) is -1.51. The second-order valence-electron chi connectivity index (χ2n) is 4.01. The first-order valence-corrected chi connectivity index (χ1v) is 5.50. The Morgan fingerprint density at radius 1 is 0.842 bits per heavy atom. The number of aliphatic hydroxyl groups is 1. The molecule has 0 saturated carbocycles. The Morgan fingerprint density at radius 2 is 1.37 bits per heavy atom. The molecule has 1 nitrogen and oxygen atoms in total. The molecule has 1 atom stereocenters. The summed E-state index contributed by atoms with van der Waals surface area (Å²) in [7, 11) is 0. The minimum atomic E-state index is -4.59. The van der Waals surface area contributed by atoms with Crippen LogP contribution in [0.5, 0.6) is 0 Å². The predicted octanol–water partition coefficient (Wildman–Crippen LogP) is 3.93. The minimum absolute atomic E-state index is 0.181. The van der Waals surface area contributed by atoms with E-state index in [9.17, 15) is 22.7 Å². The number of benzene rings is 2. The summed E-state index contributed by atoms with van der Waals surface area (Å²) in [4.78, 5) is 0. The zero-order valence-electron chi connectivity index (χ0n) is 9.66. The van der Waals surface area contributed by atoms with Gasteiger partial charge in [-0.3, -0.25) is 0 Å². The van der Waals surface area contributed by atoms with Gasteiger partial charge in [0.1, 0.15) is 11.9 Å². The molecule has 0 bridgehead atoms. The lowest BCUT2D eigenvalue weighted by Crippen LogP contribution is -2.13. The quantitative estimate of drug-likeness (QED) is 0.820. The van der Waals surface area contributed by atoms with Crippen molar-refractivity contribution < 1.29 is 22.7 Å². The molecule has 5 heteroatoms. The summed E-state index contributed by atoms with van der Waals surface area (Å²) in [5, 5.41) is 9.98. The maximum Gasteiger partial charge on any atom is 0.416 e. The Bertz CT molecular complexity index is 578. The summed E-state index contributed by atoms with van der Waals surface area (Å²) in [5.74, 6) is -0.744. The van der Waals surface area contributed by atoms with E-state index in [1.54, 1.807) is 0 Å². The van der Waals surface area contributed by atoms with E-state index in [0.29, 0.717) is 0 Å². The van der Waals surface area contributed by atoms with Crippen molar-refractivity contribution in [2.75, 3.05) is 0 Å². The van der Waals surface area contributed by atoms with Crippen molar-refractivity contribution in [3.8, 4) is 0 Å². The molecule has 0 saturated heterocycles. The summed E-state index contributed by atoms with van der Waals surface area (Å²) in [6.45, 7) is 0. The lowest BCUT2D eigenvalue weighted by Gasteiger charge is -2.18. The van der Waals surface area contributed by atoms with Crippen LogP contribution in [-0.4, -0.2) is 5.11 Å². The zero-order chi connectivity index (χ0) is 14.0. The Hall–Kier alpha value is -1.88. The molecule has 2 aromatic carbocycles. The molecule has 0 aromatic heterocycles. The molecule has 100 valence electrons. The van der Waals surface area contributed by atoms with Gasteiger partial charge in [-0.05, 0) is 17.7 Å². The monoisotopic (exact) mass is 270 g/mol. The fraction of sp³-hybridized carbons (Fsp3) is 0.143. The Morgan fingerprint density at radius 3 is 1.95 bits per heavy atom. The highest BCUT2D eigenvalue weighted by molar-refractivity contribution is 5.37. The Kier molecular flexibility index (Phi) is 3.57. The number of hydrogen-bond donors (Lipinski definition) is 1. The lowest BCUT2D eigenvalue weighted by atomic mass is 9.96. The van der Waals surface area contributed by atoms with E-state index < -0.39 is 23.7 Å². The molecule has 0 fully saturated rings. The maximum absolute atomic E-state index is 13.5. The molecule has 19 heavy (non-hydrogen) atoms. The van der Waals surface area contributed by atoms with Gasteiger partial charge in [0.25, 0.3) is 0 Å². The molecular weight excluding hydrogens is 260 g/mol. The third kappa shape index (κ3) is 2.76. The largest absolute Gasteiger partial charge is 0.416 e. The van der Waals surface area contributed by atoms with Crippen LogP contribution in [0.25, 0.3) is 0 Å². The Labute approximate surface area is 107 Å². The van der Waals surface area contributed by atoms with Crippen molar-refractivity contribution in [1.29, 1.82) is 0 Å². The van der Waals surface area contributed by atoms with E-state index in [0.717, 1.165) is 18.2 Å². The van der Waals surface area contributed by atoms with Gasteiger partial charge in [-0.25, -0.2) is 4.39 Å². The summed E-state index contributed by atoms with van der Waals surface area (Å²) < 4.78 is 52.0. The second kappa shape index (κ2) is 5.01. The van der Waals surface area contributed by atoms with Gasteiger partial charge >= 0.3 is 6.18 Å². The van der Waals surface area contributed by atoms with Crippen LogP contribution in [0, 0.1) is 5.82 Å². The van der Waals surface area contributed by atoms with E-state index in [4.69, 9.17) is 0 Å². The molecule has 0 spiro atoms. The lowest BCUT2D eigenvalue weighted by molar-refractivity contribution is -0.139. The summed E-state index contributed by atoms with van der Waals surface area (Å²) in [6.07, 6.45) is -6.25. The third-order valence-electron chi connectivity index (χ3n) is 2.76. The second-order valence-corrected chi connectivity index (χ2v) is 4.01. The summed E-state index contributed by atoms with van der Waals surface area (Å²) in [6, 6.07) is 9.80. The topological polar surface area (TPSA) is 20.2 Å². The van der Waals surface area contributed by atoms with Crippen molar-refractivity contribution in [3.05, 3.63) is 71.0 Å². The van der Waals surface area contributed by atoms with E-state index in [-0.39, 0.29) is 11.1 Å². The molecule has 0 radical (unpaired) electrons. The summed E-state index contributed by atoms with van der Waals surface area (Å²) >= 11 is 0. The normalized spacial score (nSPS) is 13.3. The van der Waals surface area contributed by atoms with Gasteiger partial charge in [0.15, 0.2) is 0 Å². The molecule has 1 unspecified atom stereocenters. The van der Waals surface area contributed by atoms with Crippen molar-refractivity contribution in [1.82, 2.24) is 0 Å². The van der Waals surface area contributed by atoms with Crippen molar-refractivity contribution in [2.45, 2.75) is 12.3 Å². The van der Waals surface area contributed by atoms with Crippen LogP contribution >= 0.6 is 0 Å². The number of halogens is 4. The van der Waals surface area contributed by atoms with Crippen molar-refractivity contribution in [2.24, 2.45) is 0 Å².